The third-order valence-electron chi connectivity index (χ3n) is 5.42. The Kier molecular flexibility index (Phi) is 5.17. The molecule has 4 rings (SSSR count). The van der Waals surface area contributed by atoms with Crippen LogP contribution >= 0.6 is 0 Å². The number of likely N-dealkylation sites (N-methyl/N-ethyl adjacent to an activating group) is 1. The quantitative estimate of drug-likeness (QED) is 0.463. The van der Waals surface area contributed by atoms with Crippen LogP contribution in [0, 0.1) is 0 Å². The third-order valence-corrected chi connectivity index (χ3v) is 5.42. The predicted molar refractivity (Wildman–Crippen MR) is 117 cm³/mol. The van der Waals surface area contributed by atoms with Crippen LogP contribution in [0.1, 0.15) is 27.1 Å². The number of hydrogen-bond donors (Lipinski definition) is 1. The topological polar surface area (TPSA) is 101 Å². The average Bonchev–Trinajstić information content (AvgIpc) is 3.08. The fraction of sp³-hybridized carbons (Fsp3) is 0.429. The van der Waals surface area contributed by atoms with Crippen molar-refractivity contribution in [2.75, 3.05) is 53.6 Å². The molecule has 2 amide bonds. The van der Waals surface area contributed by atoms with Crippen LogP contribution in [0.5, 0.6) is 0 Å². The van der Waals surface area contributed by atoms with Crippen LogP contribution in [0.15, 0.2) is 18.2 Å². The molecule has 0 radical (unpaired) electrons. The van der Waals surface area contributed by atoms with Gasteiger partial charge in [-0.3, -0.25) is 14.5 Å². The summed E-state index contributed by atoms with van der Waals surface area (Å²) in [6, 6.07) is 5.23. The summed E-state index contributed by atoms with van der Waals surface area (Å²) in [5.41, 5.74) is 9.03. The van der Waals surface area contributed by atoms with Crippen molar-refractivity contribution in [1.82, 2.24) is 29.7 Å². The Bertz CT molecular complexity index is 1150. The number of aryl methyl sites for hydroxylation is 1. The molecule has 2 aromatic carbocycles. The zero-order valence-corrected chi connectivity index (χ0v) is 17.8. The lowest BCUT2D eigenvalue weighted by Crippen LogP contribution is -2.43. The van der Waals surface area contributed by atoms with Crippen LogP contribution in [0.4, 0.5) is 5.69 Å². The second-order valence-electron chi connectivity index (χ2n) is 8.32. The number of amides is 2. The van der Waals surface area contributed by atoms with Crippen LogP contribution in [-0.4, -0.2) is 89.3 Å². The van der Waals surface area contributed by atoms with Crippen molar-refractivity contribution in [2.45, 2.75) is 13.0 Å². The molecule has 3 aromatic rings. The van der Waals surface area contributed by atoms with Crippen LogP contribution in [0.25, 0.3) is 21.8 Å². The summed E-state index contributed by atoms with van der Waals surface area (Å²) in [7, 11) is 7.87. The van der Waals surface area contributed by atoms with E-state index in [2.05, 4.69) is 15.2 Å². The van der Waals surface area contributed by atoms with Gasteiger partial charge in [0.15, 0.2) is 0 Å². The van der Waals surface area contributed by atoms with E-state index in [0.717, 1.165) is 23.9 Å². The molecule has 0 aliphatic carbocycles. The molecule has 0 fully saturated rings. The van der Waals surface area contributed by atoms with Gasteiger partial charge in [-0.1, -0.05) is 5.21 Å². The van der Waals surface area contributed by atoms with Crippen molar-refractivity contribution in [2.24, 2.45) is 0 Å². The maximum absolute atomic E-state index is 13.2. The number of nitrogen functional groups attached to an aromatic ring is 1. The highest BCUT2D eigenvalue weighted by molar-refractivity contribution is 6.29. The minimum absolute atomic E-state index is 0.298. The number of rotatable bonds is 7. The van der Waals surface area contributed by atoms with E-state index in [0.29, 0.717) is 47.4 Å². The number of nitrogens with two attached hydrogens (primary N) is 1. The fourth-order valence-electron chi connectivity index (χ4n) is 3.97. The number of aromatic nitrogens is 3. The Hall–Kier alpha value is -3.04. The van der Waals surface area contributed by atoms with Gasteiger partial charge in [0.2, 0.25) is 0 Å². The van der Waals surface area contributed by atoms with Gasteiger partial charge < -0.3 is 15.5 Å². The van der Waals surface area contributed by atoms with Gasteiger partial charge in [-0.15, -0.1) is 5.10 Å². The first kappa shape index (κ1) is 20.2. The minimum atomic E-state index is -0.308. The van der Waals surface area contributed by atoms with Crippen molar-refractivity contribution in [3.05, 3.63) is 29.3 Å². The molecule has 0 atom stereocenters. The van der Waals surface area contributed by atoms with E-state index in [-0.39, 0.29) is 11.8 Å². The number of imide groups is 1. The highest BCUT2D eigenvalue weighted by atomic mass is 16.2. The number of fused-ring (bicyclic) bond motifs is 2. The van der Waals surface area contributed by atoms with Gasteiger partial charge in [0, 0.05) is 36.1 Å². The summed E-state index contributed by atoms with van der Waals surface area (Å²) in [5, 5.41) is 10.0. The first-order chi connectivity index (χ1) is 14.3. The van der Waals surface area contributed by atoms with Crippen LogP contribution in [0.3, 0.4) is 0 Å². The van der Waals surface area contributed by atoms with E-state index in [1.165, 1.54) is 4.90 Å². The van der Waals surface area contributed by atoms with Gasteiger partial charge in [-0.2, -0.15) is 0 Å². The average molecular weight is 409 g/mol. The molecule has 1 aromatic heterocycles. The van der Waals surface area contributed by atoms with Crippen molar-refractivity contribution < 1.29 is 9.59 Å². The zero-order chi connectivity index (χ0) is 21.6. The lowest BCUT2D eigenvalue weighted by atomic mass is 9.92. The molecule has 2 N–H and O–H groups in total. The Morgan fingerprint density at radius 2 is 1.60 bits per heavy atom. The molecule has 0 spiro atoms. The summed E-state index contributed by atoms with van der Waals surface area (Å²) in [6.45, 7) is 2.50. The van der Waals surface area contributed by atoms with Gasteiger partial charge in [-0.05, 0) is 59.4 Å². The van der Waals surface area contributed by atoms with E-state index < -0.39 is 0 Å². The molecule has 0 saturated carbocycles. The third kappa shape index (κ3) is 3.40. The van der Waals surface area contributed by atoms with Gasteiger partial charge in [0.1, 0.15) is 5.52 Å². The van der Waals surface area contributed by atoms with E-state index >= 15 is 0 Å². The number of anilines is 1. The second-order valence-corrected chi connectivity index (χ2v) is 8.32. The summed E-state index contributed by atoms with van der Waals surface area (Å²) in [4.78, 5) is 31.7. The Morgan fingerprint density at radius 3 is 2.27 bits per heavy atom. The lowest BCUT2D eigenvalue weighted by Gasteiger charge is -2.28. The monoisotopic (exact) mass is 409 g/mol. The van der Waals surface area contributed by atoms with Crippen molar-refractivity contribution in [3.63, 3.8) is 0 Å². The number of nitrogens with zero attached hydrogens (tertiary/aromatic N) is 6. The van der Waals surface area contributed by atoms with Gasteiger partial charge in [0.25, 0.3) is 11.8 Å². The largest absolute Gasteiger partial charge is 0.399 e. The Balaban J connectivity index is 1.87. The first-order valence-corrected chi connectivity index (χ1v) is 10.0. The van der Waals surface area contributed by atoms with E-state index in [1.807, 2.05) is 43.8 Å². The maximum Gasteiger partial charge on any atom is 0.261 e. The van der Waals surface area contributed by atoms with Crippen LogP contribution in [-0.2, 0) is 6.54 Å². The summed E-state index contributed by atoms with van der Waals surface area (Å²) in [6.07, 6.45) is 0.903. The summed E-state index contributed by atoms with van der Waals surface area (Å²) >= 11 is 0. The molecular formula is C21H27N7O2. The molecule has 1 aliphatic rings. The molecular weight excluding hydrogens is 382 g/mol. The van der Waals surface area contributed by atoms with Crippen molar-refractivity contribution in [1.29, 1.82) is 0 Å². The van der Waals surface area contributed by atoms with Gasteiger partial charge in [-0.25, -0.2) is 4.68 Å². The van der Waals surface area contributed by atoms with E-state index in [9.17, 15) is 9.59 Å². The Labute approximate surface area is 175 Å². The molecule has 2 heterocycles. The smallest absolute Gasteiger partial charge is 0.261 e. The fourth-order valence-corrected chi connectivity index (χ4v) is 3.97. The normalized spacial score (nSPS) is 14.1. The van der Waals surface area contributed by atoms with Gasteiger partial charge in [0.05, 0.1) is 16.6 Å². The maximum atomic E-state index is 13.2. The highest BCUT2D eigenvalue weighted by Gasteiger charge is 2.34. The van der Waals surface area contributed by atoms with Crippen molar-refractivity contribution in [3.8, 4) is 0 Å². The molecule has 0 saturated heterocycles. The van der Waals surface area contributed by atoms with Crippen molar-refractivity contribution >= 4 is 39.3 Å². The van der Waals surface area contributed by atoms with Crippen LogP contribution in [0.2, 0.25) is 0 Å². The predicted octanol–water partition coefficient (Wildman–Crippen LogP) is 1.28. The Morgan fingerprint density at radius 1 is 0.933 bits per heavy atom. The lowest BCUT2D eigenvalue weighted by molar-refractivity contribution is 0.0601. The molecule has 158 valence electrons. The zero-order valence-electron chi connectivity index (χ0n) is 17.8. The summed E-state index contributed by atoms with van der Waals surface area (Å²) in [5.74, 6) is -0.606. The van der Waals surface area contributed by atoms with Gasteiger partial charge >= 0.3 is 0 Å². The highest BCUT2D eigenvalue weighted by Crippen LogP contribution is 2.36. The number of hydrogen-bond acceptors (Lipinski definition) is 7. The second kappa shape index (κ2) is 7.66. The number of carbonyl (C=O) groups is 2. The van der Waals surface area contributed by atoms with Crippen LogP contribution < -0.4 is 5.73 Å². The number of carbonyl (C=O) groups excluding carboxylic acids is 2. The molecule has 1 aliphatic heterocycles. The SMILES string of the molecule is CN(C)CCCn1nnc2cc3c4c(cc(N)cc4c21)C(=O)N(CCN(C)C)C3=O. The molecule has 0 bridgehead atoms. The molecule has 0 unspecified atom stereocenters. The minimum Gasteiger partial charge on any atom is -0.399 e. The molecule has 9 nitrogen and oxygen atoms in total. The van der Waals surface area contributed by atoms with E-state index in [1.54, 1.807) is 12.1 Å². The van der Waals surface area contributed by atoms with E-state index in [4.69, 9.17) is 5.73 Å². The molecule has 30 heavy (non-hydrogen) atoms. The summed E-state index contributed by atoms with van der Waals surface area (Å²) < 4.78 is 1.84. The standard InChI is InChI=1S/C21H27N7O2/c1-25(2)6-5-7-28-19-14-10-13(22)11-15-18(14)16(12-17(19)23-24-28)21(30)27(20(15)29)9-8-26(3)4/h10-12H,5-9,22H2,1-4H3. The molecule has 9 heteroatoms. The first-order valence-electron chi connectivity index (χ1n) is 10.0. The number of benzene rings is 2.